The minimum atomic E-state index is -1.00. The molecule has 21 heavy (non-hydrogen) atoms. The van der Waals surface area contributed by atoms with E-state index in [2.05, 4.69) is 5.32 Å². The van der Waals surface area contributed by atoms with Crippen LogP contribution in [0.5, 0.6) is 0 Å². The van der Waals surface area contributed by atoms with Crippen LogP contribution < -0.4 is 5.32 Å². The SMILES string of the molecule is Cc1ccc(/C=C/C(=O)O)cc1C(=O)NC(C)(C)C1CC1. The molecule has 0 atom stereocenters. The van der Waals surface area contributed by atoms with Crippen molar-refractivity contribution in [1.29, 1.82) is 0 Å². The molecule has 1 aromatic carbocycles. The van der Waals surface area contributed by atoms with Gasteiger partial charge in [0.1, 0.15) is 0 Å². The van der Waals surface area contributed by atoms with E-state index >= 15 is 0 Å². The molecule has 0 bridgehead atoms. The second-order valence-corrected chi connectivity index (χ2v) is 6.20. The first-order valence-corrected chi connectivity index (χ1v) is 7.14. The molecule has 112 valence electrons. The first-order valence-electron chi connectivity index (χ1n) is 7.14. The fraction of sp³-hybridized carbons (Fsp3) is 0.412. The van der Waals surface area contributed by atoms with Gasteiger partial charge in [-0.3, -0.25) is 4.79 Å². The average molecular weight is 287 g/mol. The lowest BCUT2D eigenvalue weighted by atomic mass is 9.97. The number of hydrogen-bond donors (Lipinski definition) is 2. The summed E-state index contributed by atoms with van der Waals surface area (Å²) in [5.74, 6) is -0.553. The number of nitrogens with one attached hydrogen (secondary N) is 1. The summed E-state index contributed by atoms with van der Waals surface area (Å²) in [5.41, 5.74) is 1.98. The zero-order valence-corrected chi connectivity index (χ0v) is 12.6. The zero-order chi connectivity index (χ0) is 15.6. The number of carbonyl (C=O) groups is 2. The van der Waals surface area contributed by atoms with Crippen molar-refractivity contribution in [1.82, 2.24) is 5.32 Å². The van der Waals surface area contributed by atoms with E-state index in [1.165, 1.54) is 6.08 Å². The van der Waals surface area contributed by atoms with Crippen molar-refractivity contribution in [3.63, 3.8) is 0 Å². The summed E-state index contributed by atoms with van der Waals surface area (Å²) < 4.78 is 0. The van der Waals surface area contributed by atoms with Crippen molar-refractivity contribution < 1.29 is 14.7 Å². The smallest absolute Gasteiger partial charge is 0.328 e. The normalized spacial score (nSPS) is 15.2. The fourth-order valence-electron chi connectivity index (χ4n) is 2.42. The van der Waals surface area contributed by atoms with Crippen LogP contribution in [0.3, 0.4) is 0 Å². The summed E-state index contributed by atoms with van der Waals surface area (Å²) in [5, 5.41) is 11.8. The van der Waals surface area contributed by atoms with Crippen molar-refractivity contribution in [2.24, 2.45) is 5.92 Å². The minimum Gasteiger partial charge on any atom is -0.478 e. The molecule has 2 N–H and O–H groups in total. The second kappa shape index (κ2) is 5.72. The molecular weight excluding hydrogens is 266 g/mol. The number of carboxylic acid groups (broad SMARTS) is 1. The van der Waals surface area contributed by atoms with Crippen molar-refractivity contribution in [3.05, 3.63) is 41.0 Å². The Labute approximate surface area is 124 Å². The molecule has 1 aromatic rings. The predicted octanol–water partition coefficient (Wildman–Crippen LogP) is 3.01. The van der Waals surface area contributed by atoms with E-state index in [1.54, 1.807) is 12.1 Å². The topological polar surface area (TPSA) is 66.4 Å². The molecule has 0 aliphatic heterocycles. The van der Waals surface area contributed by atoms with Crippen molar-refractivity contribution >= 4 is 18.0 Å². The average Bonchev–Trinajstić information content (AvgIpc) is 3.21. The molecule has 0 aromatic heterocycles. The Morgan fingerprint density at radius 2 is 2.00 bits per heavy atom. The second-order valence-electron chi connectivity index (χ2n) is 6.20. The Balaban J connectivity index is 2.19. The lowest BCUT2D eigenvalue weighted by molar-refractivity contribution is -0.131. The number of benzene rings is 1. The highest BCUT2D eigenvalue weighted by atomic mass is 16.4. The molecule has 0 spiro atoms. The number of hydrogen-bond acceptors (Lipinski definition) is 2. The van der Waals surface area contributed by atoms with Crippen LogP contribution in [0.2, 0.25) is 0 Å². The summed E-state index contributed by atoms with van der Waals surface area (Å²) in [4.78, 5) is 23.0. The number of carbonyl (C=O) groups excluding carboxylic acids is 1. The maximum Gasteiger partial charge on any atom is 0.328 e. The van der Waals surface area contributed by atoms with E-state index in [0.717, 1.165) is 24.5 Å². The van der Waals surface area contributed by atoms with Gasteiger partial charge < -0.3 is 10.4 Å². The summed E-state index contributed by atoms with van der Waals surface area (Å²) >= 11 is 0. The van der Waals surface area contributed by atoms with Gasteiger partial charge in [-0.2, -0.15) is 0 Å². The van der Waals surface area contributed by atoms with E-state index in [4.69, 9.17) is 5.11 Å². The van der Waals surface area contributed by atoms with Crippen LogP contribution >= 0.6 is 0 Å². The van der Waals surface area contributed by atoms with E-state index in [0.29, 0.717) is 17.0 Å². The highest BCUT2D eigenvalue weighted by Crippen LogP contribution is 2.39. The van der Waals surface area contributed by atoms with Gasteiger partial charge in [-0.1, -0.05) is 12.1 Å². The predicted molar refractivity (Wildman–Crippen MR) is 82.1 cm³/mol. The first kappa shape index (κ1) is 15.3. The number of carboxylic acids is 1. The van der Waals surface area contributed by atoms with Crippen molar-refractivity contribution in [2.45, 2.75) is 39.2 Å². The van der Waals surface area contributed by atoms with Gasteiger partial charge in [0, 0.05) is 17.2 Å². The third-order valence-electron chi connectivity index (χ3n) is 3.96. The van der Waals surface area contributed by atoms with Crippen LogP contribution in [-0.2, 0) is 4.79 Å². The molecule has 1 fully saturated rings. The molecule has 1 saturated carbocycles. The number of rotatable bonds is 5. The number of aliphatic carboxylic acids is 1. The van der Waals surface area contributed by atoms with Gasteiger partial charge in [-0.15, -0.1) is 0 Å². The summed E-state index contributed by atoms with van der Waals surface area (Å²) in [6, 6.07) is 5.37. The molecular formula is C17H21NO3. The summed E-state index contributed by atoms with van der Waals surface area (Å²) in [6.45, 7) is 5.97. The molecule has 0 saturated heterocycles. The Morgan fingerprint density at radius 3 is 2.57 bits per heavy atom. The first-order chi connectivity index (χ1) is 9.79. The van der Waals surface area contributed by atoms with Crippen LogP contribution in [0.1, 0.15) is 48.2 Å². The molecule has 1 aliphatic carbocycles. The van der Waals surface area contributed by atoms with Gasteiger partial charge in [0.25, 0.3) is 5.91 Å². The Morgan fingerprint density at radius 1 is 1.33 bits per heavy atom. The monoisotopic (exact) mass is 287 g/mol. The van der Waals surface area contributed by atoms with Gasteiger partial charge in [0.05, 0.1) is 0 Å². The van der Waals surface area contributed by atoms with Gasteiger partial charge in [-0.25, -0.2) is 4.79 Å². The molecule has 4 heteroatoms. The third kappa shape index (κ3) is 3.94. The van der Waals surface area contributed by atoms with Crippen LogP contribution in [0.15, 0.2) is 24.3 Å². The van der Waals surface area contributed by atoms with E-state index < -0.39 is 5.97 Å². The van der Waals surface area contributed by atoms with Crippen LogP contribution in [-0.4, -0.2) is 22.5 Å². The maximum absolute atomic E-state index is 12.5. The molecule has 1 aliphatic rings. The minimum absolute atomic E-state index is 0.102. The fourth-order valence-corrected chi connectivity index (χ4v) is 2.42. The number of amides is 1. The largest absolute Gasteiger partial charge is 0.478 e. The lowest BCUT2D eigenvalue weighted by Crippen LogP contribution is -2.45. The highest BCUT2D eigenvalue weighted by molar-refractivity contribution is 5.97. The van der Waals surface area contributed by atoms with Crippen LogP contribution in [0.25, 0.3) is 6.08 Å². The molecule has 4 nitrogen and oxygen atoms in total. The van der Waals surface area contributed by atoms with E-state index in [9.17, 15) is 9.59 Å². The Kier molecular flexibility index (Phi) is 4.16. The van der Waals surface area contributed by atoms with Gasteiger partial charge in [-0.05, 0) is 62.8 Å². The van der Waals surface area contributed by atoms with Gasteiger partial charge in [0.15, 0.2) is 0 Å². The van der Waals surface area contributed by atoms with E-state index in [-0.39, 0.29) is 11.4 Å². The summed E-state index contributed by atoms with van der Waals surface area (Å²) in [7, 11) is 0. The van der Waals surface area contributed by atoms with E-state index in [1.807, 2.05) is 26.8 Å². The van der Waals surface area contributed by atoms with Crippen molar-refractivity contribution in [2.75, 3.05) is 0 Å². The van der Waals surface area contributed by atoms with Gasteiger partial charge >= 0.3 is 5.97 Å². The van der Waals surface area contributed by atoms with Crippen LogP contribution in [0.4, 0.5) is 0 Å². The lowest BCUT2D eigenvalue weighted by Gasteiger charge is -2.26. The Hall–Kier alpha value is -2.10. The molecule has 0 unspecified atom stereocenters. The molecule has 2 rings (SSSR count). The number of aryl methyl sites for hydroxylation is 1. The zero-order valence-electron chi connectivity index (χ0n) is 12.6. The van der Waals surface area contributed by atoms with Crippen molar-refractivity contribution in [3.8, 4) is 0 Å². The summed E-state index contributed by atoms with van der Waals surface area (Å²) in [6.07, 6.45) is 4.88. The van der Waals surface area contributed by atoms with Gasteiger partial charge in [0.2, 0.25) is 0 Å². The highest BCUT2D eigenvalue weighted by Gasteiger charge is 2.38. The Bertz CT molecular complexity index is 598. The maximum atomic E-state index is 12.5. The van der Waals surface area contributed by atoms with Crippen LogP contribution in [0, 0.1) is 12.8 Å². The third-order valence-corrected chi connectivity index (χ3v) is 3.96. The quantitative estimate of drug-likeness (QED) is 0.818. The molecule has 0 radical (unpaired) electrons. The standard InChI is InChI=1S/C17H21NO3/c1-11-4-5-12(6-9-15(19)20)10-14(11)16(21)18-17(2,3)13-7-8-13/h4-6,9-10,13H,7-8H2,1-3H3,(H,18,21)(H,19,20)/b9-6+. The molecule has 1 amide bonds. The molecule has 0 heterocycles.